The van der Waals surface area contributed by atoms with Crippen molar-refractivity contribution in [1.82, 2.24) is 0 Å². The summed E-state index contributed by atoms with van der Waals surface area (Å²) < 4.78 is 10.1. The molecule has 0 fully saturated rings. The van der Waals surface area contributed by atoms with Crippen molar-refractivity contribution in [3.05, 3.63) is 78.4 Å². The van der Waals surface area contributed by atoms with Crippen LogP contribution in [0.3, 0.4) is 0 Å². The van der Waals surface area contributed by atoms with Gasteiger partial charge in [0.05, 0.1) is 5.56 Å². The average Bonchev–Trinajstić information content (AvgIpc) is 2.54. The summed E-state index contributed by atoms with van der Waals surface area (Å²) >= 11 is 0. The smallest absolute Gasteiger partial charge is 0.338 e. The first-order valence-electron chi connectivity index (χ1n) is 6.34. The van der Waals surface area contributed by atoms with E-state index in [1.807, 2.05) is 30.3 Å². The summed E-state index contributed by atoms with van der Waals surface area (Å²) in [7, 11) is 0. The number of ether oxygens (including phenoxy) is 2. The predicted octanol–water partition coefficient (Wildman–Crippen LogP) is 3.14. The number of carbonyl (C=O) groups is 2. The number of esters is 2. The van der Waals surface area contributed by atoms with E-state index in [1.54, 1.807) is 12.1 Å². The fourth-order valence-electron chi connectivity index (χ4n) is 1.62. The molecule has 2 aromatic carbocycles. The van der Waals surface area contributed by atoms with Gasteiger partial charge in [0.2, 0.25) is 0 Å². The van der Waals surface area contributed by atoms with Crippen molar-refractivity contribution in [3.63, 3.8) is 0 Å². The molecule has 4 nitrogen and oxygen atoms in total. The Morgan fingerprint density at radius 1 is 1.00 bits per heavy atom. The Bertz CT molecular complexity index is 630. The third kappa shape index (κ3) is 4.31. The molecule has 2 rings (SSSR count). The third-order valence-corrected chi connectivity index (χ3v) is 2.69. The summed E-state index contributed by atoms with van der Waals surface area (Å²) in [5, 5.41) is 0. The SMILES string of the molecule is C=CC(=O)Oc1ccc(C(=O)OCc2ccccc2)cc1. The van der Waals surface area contributed by atoms with Crippen LogP contribution in [-0.2, 0) is 16.1 Å². The highest BCUT2D eigenvalue weighted by atomic mass is 16.5. The van der Waals surface area contributed by atoms with Gasteiger partial charge in [0.15, 0.2) is 0 Å². The topological polar surface area (TPSA) is 52.6 Å². The Morgan fingerprint density at radius 3 is 2.29 bits per heavy atom. The van der Waals surface area contributed by atoms with E-state index in [0.29, 0.717) is 11.3 Å². The number of hydrogen-bond donors (Lipinski definition) is 0. The van der Waals surface area contributed by atoms with Crippen LogP contribution in [-0.4, -0.2) is 11.9 Å². The summed E-state index contributed by atoms with van der Waals surface area (Å²) in [6, 6.07) is 15.6. The van der Waals surface area contributed by atoms with Gasteiger partial charge in [0.25, 0.3) is 0 Å². The normalized spacial score (nSPS) is 9.71. The van der Waals surface area contributed by atoms with Gasteiger partial charge in [-0.2, -0.15) is 0 Å². The molecule has 0 saturated heterocycles. The molecule has 0 aliphatic heterocycles. The quantitative estimate of drug-likeness (QED) is 0.480. The number of hydrogen-bond acceptors (Lipinski definition) is 4. The zero-order valence-corrected chi connectivity index (χ0v) is 11.3. The molecule has 0 spiro atoms. The Hall–Kier alpha value is -2.88. The standard InChI is InChI=1S/C17H14O4/c1-2-16(18)21-15-10-8-14(9-11-15)17(19)20-12-13-6-4-3-5-7-13/h2-11H,1,12H2. The van der Waals surface area contributed by atoms with Crippen molar-refractivity contribution in [2.45, 2.75) is 6.61 Å². The maximum absolute atomic E-state index is 11.9. The van der Waals surface area contributed by atoms with E-state index >= 15 is 0 Å². The first kappa shape index (κ1) is 14.5. The van der Waals surface area contributed by atoms with E-state index in [9.17, 15) is 9.59 Å². The minimum atomic E-state index is -0.547. The van der Waals surface area contributed by atoms with Crippen LogP contribution < -0.4 is 4.74 Å². The summed E-state index contributed by atoms with van der Waals surface area (Å²) in [4.78, 5) is 22.9. The molecule has 21 heavy (non-hydrogen) atoms. The first-order valence-corrected chi connectivity index (χ1v) is 6.34. The molecule has 0 unspecified atom stereocenters. The van der Waals surface area contributed by atoms with Gasteiger partial charge < -0.3 is 9.47 Å². The Kier molecular flexibility index (Phi) is 4.88. The number of rotatable bonds is 5. The van der Waals surface area contributed by atoms with Crippen molar-refractivity contribution < 1.29 is 19.1 Å². The molecule has 0 radical (unpaired) electrons. The van der Waals surface area contributed by atoms with Crippen molar-refractivity contribution in [1.29, 1.82) is 0 Å². The van der Waals surface area contributed by atoms with Crippen LogP contribution in [0.2, 0.25) is 0 Å². The van der Waals surface area contributed by atoms with Crippen molar-refractivity contribution in [2.75, 3.05) is 0 Å². The third-order valence-electron chi connectivity index (χ3n) is 2.69. The zero-order chi connectivity index (χ0) is 15.1. The highest BCUT2D eigenvalue weighted by molar-refractivity contribution is 5.89. The van der Waals surface area contributed by atoms with Gasteiger partial charge in [-0.3, -0.25) is 0 Å². The lowest BCUT2D eigenvalue weighted by atomic mass is 10.2. The maximum atomic E-state index is 11.9. The molecule has 0 bridgehead atoms. The van der Waals surface area contributed by atoms with Crippen LogP contribution in [0.4, 0.5) is 0 Å². The van der Waals surface area contributed by atoms with Crippen molar-refractivity contribution in [3.8, 4) is 5.75 Å². The van der Waals surface area contributed by atoms with E-state index in [0.717, 1.165) is 11.6 Å². The molecule has 0 aliphatic carbocycles. The minimum absolute atomic E-state index is 0.215. The second kappa shape index (κ2) is 7.05. The molecule has 2 aromatic rings. The van der Waals surface area contributed by atoms with E-state index < -0.39 is 11.9 Å². The second-order valence-electron chi connectivity index (χ2n) is 4.21. The predicted molar refractivity (Wildman–Crippen MR) is 77.8 cm³/mol. The monoisotopic (exact) mass is 282 g/mol. The molecule has 0 aliphatic rings. The molecular formula is C17H14O4. The molecular weight excluding hydrogens is 268 g/mol. The summed E-state index contributed by atoms with van der Waals surface area (Å²) in [5.41, 5.74) is 1.31. The number of carbonyl (C=O) groups excluding carboxylic acids is 2. The van der Waals surface area contributed by atoms with Gasteiger partial charge >= 0.3 is 11.9 Å². The molecule has 0 amide bonds. The number of benzene rings is 2. The van der Waals surface area contributed by atoms with Gasteiger partial charge in [0.1, 0.15) is 12.4 Å². The molecule has 0 heterocycles. The Labute approximate surface area is 122 Å². The van der Waals surface area contributed by atoms with Crippen LogP contribution in [0, 0.1) is 0 Å². The summed E-state index contributed by atoms with van der Waals surface area (Å²) in [6.07, 6.45) is 1.07. The van der Waals surface area contributed by atoms with Crippen molar-refractivity contribution >= 4 is 11.9 Å². The van der Waals surface area contributed by atoms with Crippen LogP contribution in [0.25, 0.3) is 0 Å². The molecule has 0 atom stereocenters. The molecule has 0 N–H and O–H groups in total. The Morgan fingerprint density at radius 2 is 1.67 bits per heavy atom. The van der Waals surface area contributed by atoms with Crippen LogP contribution in [0.15, 0.2) is 67.3 Å². The largest absolute Gasteiger partial charge is 0.457 e. The molecule has 0 aromatic heterocycles. The van der Waals surface area contributed by atoms with Crippen LogP contribution in [0.1, 0.15) is 15.9 Å². The van der Waals surface area contributed by atoms with E-state index in [1.165, 1.54) is 12.1 Å². The Balaban J connectivity index is 1.93. The fraction of sp³-hybridized carbons (Fsp3) is 0.0588. The molecule has 0 saturated carbocycles. The second-order valence-corrected chi connectivity index (χ2v) is 4.21. The highest BCUT2D eigenvalue weighted by Gasteiger charge is 2.08. The van der Waals surface area contributed by atoms with Gasteiger partial charge in [-0.1, -0.05) is 36.9 Å². The minimum Gasteiger partial charge on any atom is -0.457 e. The summed E-state index contributed by atoms with van der Waals surface area (Å²) in [6.45, 7) is 3.52. The van der Waals surface area contributed by atoms with Crippen LogP contribution >= 0.6 is 0 Å². The molecule has 106 valence electrons. The highest BCUT2D eigenvalue weighted by Crippen LogP contribution is 2.14. The van der Waals surface area contributed by atoms with E-state index in [2.05, 4.69) is 6.58 Å². The van der Waals surface area contributed by atoms with Gasteiger partial charge in [-0.15, -0.1) is 0 Å². The van der Waals surface area contributed by atoms with E-state index in [-0.39, 0.29) is 6.61 Å². The maximum Gasteiger partial charge on any atom is 0.338 e. The van der Waals surface area contributed by atoms with Crippen molar-refractivity contribution in [2.24, 2.45) is 0 Å². The van der Waals surface area contributed by atoms with Gasteiger partial charge in [0, 0.05) is 6.08 Å². The fourth-order valence-corrected chi connectivity index (χ4v) is 1.62. The lowest BCUT2D eigenvalue weighted by Crippen LogP contribution is -2.06. The summed E-state index contributed by atoms with van der Waals surface area (Å²) in [5.74, 6) is -0.630. The van der Waals surface area contributed by atoms with Gasteiger partial charge in [-0.25, -0.2) is 9.59 Å². The van der Waals surface area contributed by atoms with Crippen LogP contribution in [0.5, 0.6) is 5.75 Å². The van der Waals surface area contributed by atoms with Gasteiger partial charge in [-0.05, 0) is 29.8 Å². The first-order chi connectivity index (χ1) is 10.2. The lowest BCUT2D eigenvalue weighted by molar-refractivity contribution is -0.128. The zero-order valence-electron chi connectivity index (χ0n) is 11.3. The average molecular weight is 282 g/mol. The molecule has 4 heteroatoms. The lowest BCUT2D eigenvalue weighted by Gasteiger charge is -2.06. The van der Waals surface area contributed by atoms with E-state index in [4.69, 9.17) is 9.47 Å².